The lowest BCUT2D eigenvalue weighted by Gasteiger charge is -2.51. The molecule has 3 heterocycles. The van der Waals surface area contributed by atoms with E-state index in [9.17, 15) is 9.59 Å². The topological polar surface area (TPSA) is 52.7 Å². The van der Waals surface area contributed by atoms with Crippen molar-refractivity contribution in [2.75, 3.05) is 19.6 Å². The standard InChI is InChI=1S/C25H28BrN3O2/c26-19-8-9-20-18(15-19)11-14-28-22(20)16-23-21(24(28)30)7-4-13-29(23)25(31)27-12-10-17-5-2-1-3-6-17/h1-3,5-6,8-9,15,21-23H,4,7,10-14,16H2,(H,27,31)/t21-,22+,23-/m0/s1. The highest BCUT2D eigenvalue weighted by Crippen LogP contribution is 2.44. The van der Waals surface area contributed by atoms with E-state index in [-0.39, 0.29) is 29.9 Å². The first-order valence-corrected chi connectivity index (χ1v) is 12.1. The summed E-state index contributed by atoms with van der Waals surface area (Å²) in [5, 5.41) is 3.10. The Hall–Kier alpha value is -2.34. The van der Waals surface area contributed by atoms with Crippen LogP contribution in [0, 0.1) is 5.92 Å². The van der Waals surface area contributed by atoms with Gasteiger partial charge in [0.05, 0.1) is 12.0 Å². The molecule has 3 amide bonds. The highest BCUT2D eigenvalue weighted by atomic mass is 79.9. The molecule has 3 atom stereocenters. The molecule has 2 fully saturated rings. The lowest BCUT2D eigenvalue weighted by atomic mass is 9.76. The van der Waals surface area contributed by atoms with Gasteiger partial charge in [-0.1, -0.05) is 52.3 Å². The molecule has 5 rings (SSSR count). The van der Waals surface area contributed by atoms with Gasteiger partial charge >= 0.3 is 6.03 Å². The van der Waals surface area contributed by atoms with Gasteiger partial charge in [0.25, 0.3) is 0 Å². The molecule has 0 unspecified atom stereocenters. The Morgan fingerprint density at radius 3 is 2.81 bits per heavy atom. The predicted molar refractivity (Wildman–Crippen MR) is 124 cm³/mol. The number of hydrogen-bond acceptors (Lipinski definition) is 2. The maximum Gasteiger partial charge on any atom is 0.317 e. The van der Waals surface area contributed by atoms with E-state index >= 15 is 0 Å². The number of amides is 3. The molecule has 0 aromatic heterocycles. The Balaban J connectivity index is 1.31. The SMILES string of the molecule is O=C1[C@H]2CCCN(C(=O)NCCc3ccccc3)[C@H]2C[C@@H]2c3ccc(Br)cc3CCN12. The highest BCUT2D eigenvalue weighted by Gasteiger charge is 2.48. The molecule has 0 radical (unpaired) electrons. The Bertz CT molecular complexity index is 980. The smallest absolute Gasteiger partial charge is 0.317 e. The van der Waals surface area contributed by atoms with Crippen molar-refractivity contribution < 1.29 is 9.59 Å². The summed E-state index contributed by atoms with van der Waals surface area (Å²) < 4.78 is 1.08. The molecule has 3 aliphatic heterocycles. The fraction of sp³-hybridized carbons (Fsp3) is 0.440. The third-order valence-electron chi connectivity index (χ3n) is 7.10. The van der Waals surface area contributed by atoms with Crippen molar-refractivity contribution in [2.45, 2.75) is 44.2 Å². The number of nitrogens with one attached hydrogen (secondary N) is 1. The van der Waals surface area contributed by atoms with Crippen molar-refractivity contribution in [1.82, 2.24) is 15.1 Å². The Kier molecular flexibility index (Phi) is 5.74. The minimum absolute atomic E-state index is 0.0196. The van der Waals surface area contributed by atoms with Crippen molar-refractivity contribution in [3.63, 3.8) is 0 Å². The van der Waals surface area contributed by atoms with E-state index in [2.05, 4.69) is 56.5 Å². The normalized spacial score (nSPS) is 24.8. The second kappa shape index (κ2) is 8.65. The molecule has 2 aromatic carbocycles. The van der Waals surface area contributed by atoms with E-state index in [1.165, 1.54) is 16.7 Å². The number of benzene rings is 2. The zero-order valence-corrected chi connectivity index (χ0v) is 19.2. The van der Waals surface area contributed by atoms with Gasteiger partial charge in [-0.25, -0.2) is 4.79 Å². The molecule has 0 aliphatic carbocycles. The number of nitrogens with zero attached hydrogens (tertiary/aromatic N) is 2. The second-order valence-corrected chi connectivity index (χ2v) is 9.77. The van der Waals surface area contributed by atoms with Crippen LogP contribution in [0.3, 0.4) is 0 Å². The van der Waals surface area contributed by atoms with Crippen LogP contribution >= 0.6 is 15.9 Å². The molecule has 0 saturated carbocycles. The van der Waals surface area contributed by atoms with Crippen LogP contribution < -0.4 is 5.32 Å². The quantitative estimate of drug-likeness (QED) is 0.709. The van der Waals surface area contributed by atoms with Gasteiger partial charge in [0.15, 0.2) is 0 Å². The fourth-order valence-corrected chi connectivity index (χ4v) is 6.00. The van der Waals surface area contributed by atoms with Gasteiger partial charge in [-0.2, -0.15) is 0 Å². The van der Waals surface area contributed by atoms with Gasteiger partial charge in [-0.3, -0.25) is 4.79 Å². The number of halogens is 1. The molecule has 31 heavy (non-hydrogen) atoms. The molecule has 0 bridgehead atoms. The third kappa shape index (κ3) is 3.98. The number of urea groups is 1. The second-order valence-electron chi connectivity index (χ2n) is 8.85. The molecule has 6 heteroatoms. The summed E-state index contributed by atoms with van der Waals surface area (Å²) in [7, 11) is 0. The van der Waals surface area contributed by atoms with Crippen LogP contribution in [0.25, 0.3) is 0 Å². The van der Waals surface area contributed by atoms with Gasteiger partial charge in [-0.15, -0.1) is 0 Å². The molecule has 162 valence electrons. The maximum absolute atomic E-state index is 13.4. The van der Waals surface area contributed by atoms with Crippen LogP contribution in [-0.2, 0) is 17.6 Å². The zero-order valence-electron chi connectivity index (χ0n) is 17.6. The largest absolute Gasteiger partial charge is 0.338 e. The number of hydrogen-bond donors (Lipinski definition) is 1. The lowest BCUT2D eigenvalue weighted by Crippen LogP contribution is -2.61. The molecule has 2 saturated heterocycles. The number of fused-ring (bicyclic) bond motifs is 4. The van der Waals surface area contributed by atoms with Crippen LogP contribution in [0.5, 0.6) is 0 Å². The summed E-state index contributed by atoms with van der Waals surface area (Å²) in [6, 6.07) is 16.6. The first kappa shape index (κ1) is 20.6. The van der Waals surface area contributed by atoms with E-state index in [1.54, 1.807) is 0 Å². The predicted octanol–water partition coefficient (Wildman–Crippen LogP) is 4.31. The van der Waals surface area contributed by atoms with Crippen LogP contribution in [0.4, 0.5) is 4.79 Å². The van der Waals surface area contributed by atoms with E-state index in [4.69, 9.17) is 0 Å². The minimum Gasteiger partial charge on any atom is -0.338 e. The molecular formula is C25H28BrN3O2. The van der Waals surface area contributed by atoms with Crippen molar-refractivity contribution in [3.05, 3.63) is 69.7 Å². The molecule has 1 N–H and O–H groups in total. The van der Waals surface area contributed by atoms with E-state index < -0.39 is 0 Å². The summed E-state index contributed by atoms with van der Waals surface area (Å²) in [5.41, 5.74) is 3.78. The van der Waals surface area contributed by atoms with Gasteiger partial charge in [0.1, 0.15) is 0 Å². The van der Waals surface area contributed by atoms with Gasteiger partial charge in [0, 0.05) is 30.1 Å². The molecule has 3 aliphatic rings. The number of carbonyl (C=O) groups excluding carboxylic acids is 2. The molecule has 5 nitrogen and oxygen atoms in total. The van der Waals surface area contributed by atoms with E-state index in [1.807, 2.05) is 23.1 Å². The lowest BCUT2D eigenvalue weighted by molar-refractivity contribution is -0.148. The van der Waals surface area contributed by atoms with E-state index in [0.717, 1.165) is 49.7 Å². The summed E-state index contributed by atoms with van der Waals surface area (Å²) in [6.07, 6.45) is 4.32. The highest BCUT2D eigenvalue weighted by molar-refractivity contribution is 9.10. The molecular weight excluding hydrogens is 454 g/mol. The van der Waals surface area contributed by atoms with E-state index in [0.29, 0.717) is 6.54 Å². The Labute approximate surface area is 191 Å². The van der Waals surface area contributed by atoms with Crippen LogP contribution in [0.2, 0.25) is 0 Å². The number of rotatable bonds is 3. The zero-order chi connectivity index (χ0) is 21.4. The summed E-state index contributed by atoms with van der Waals surface area (Å²) in [6.45, 7) is 2.11. The maximum atomic E-state index is 13.4. The first-order valence-electron chi connectivity index (χ1n) is 11.3. The summed E-state index contributed by atoms with van der Waals surface area (Å²) in [5.74, 6) is 0.165. The summed E-state index contributed by atoms with van der Waals surface area (Å²) >= 11 is 3.57. The summed E-state index contributed by atoms with van der Waals surface area (Å²) in [4.78, 5) is 30.5. The average molecular weight is 482 g/mol. The Morgan fingerprint density at radius 1 is 1.13 bits per heavy atom. The Morgan fingerprint density at radius 2 is 1.97 bits per heavy atom. The van der Waals surface area contributed by atoms with Crippen molar-refractivity contribution in [2.24, 2.45) is 5.92 Å². The fourth-order valence-electron chi connectivity index (χ4n) is 5.59. The van der Waals surface area contributed by atoms with Gasteiger partial charge < -0.3 is 15.1 Å². The number of piperidine rings is 2. The van der Waals surface area contributed by atoms with Gasteiger partial charge in [-0.05, 0) is 60.9 Å². The third-order valence-corrected chi connectivity index (χ3v) is 7.59. The average Bonchev–Trinajstić information content (AvgIpc) is 2.79. The number of carbonyl (C=O) groups is 2. The van der Waals surface area contributed by atoms with Crippen molar-refractivity contribution >= 4 is 27.9 Å². The van der Waals surface area contributed by atoms with Crippen molar-refractivity contribution in [3.8, 4) is 0 Å². The van der Waals surface area contributed by atoms with Crippen LogP contribution in [-0.4, -0.2) is 47.4 Å². The monoisotopic (exact) mass is 481 g/mol. The van der Waals surface area contributed by atoms with Gasteiger partial charge in [0.2, 0.25) is 5.91 Å². The molecule has 2 aromatic rings. The first-order chi connectivity index (χ1) is 15.1. The number of likely N-dealkylation sites (tertiary alicyclic amines) is 1. The van der Waals surface area contributed by atoms with Crippen LogP contribution in [0.15, 0.2) is 53.0 Å². The molecule has 0 spiro atoms. The van der Waals surface area contributed by atoms with Crippen molar-refractivity contribution in [1.29, 1.82) is 0 Å². The minimum atomic E-state index is -0.0677. The van der Waals surface area contributed by atoms with Crippen LogP contribution in [0.1, 0.15) is 42.0 Å².